The maximum atomic E-state index is 14.7. The molecule has 0 radical (unpaired) electrons. The van der Waals surface area contributed by atoms with Crippen LogP contribution in [0.3, 0.4) is 0 Å². The Hall–Kier alpha value is -4.28. The number of pyridine rings is 2. The number of benzene rings is 2. The molecular weight excluding hydrogens is 523 g/mol. The number of hydrogen-bond donors (Lipinski definition) is 4. The molecule has 1 aliphatic heterocycles. The number of aromatic nitrogens is 2. The van der Waals surface area contributed by atoms with Crippen molar-refractivity contribution in [3.8, 4) is 11.1 Å². The van der Waals surface area contributed by atoms with Crippen molar-refractivity contribution < 1.29 is 14.0 Å². The number of fused-ring (bicyclic) bond motifs is 1. The van der Waals surface area contributed by atoms with Gasteiger partial charge in [0.15, 0.2) is 0 Å². The number of rotatable bonds is 6. The van der Waals surface area contributed by atoms with Gasteiger partial charge in [-0.15, -0.1) is 0 Å². The van der Waals surface area contributed by atoms with Crippen LogP contribution in [0.15, 0.2) is 65.6 Å². The SMILES string of the molecule is CCn1c(=O)c(-c2cc(NC(=O)Nc3ccccc3)c(F)cc2Cl)cc2cnc(NC(=O)C3CCCN3)cc21. The second kappa shape index (κ2) is 11.2. The molecule has 1 atom stereocenters. The van der Waals surface area contributed by atoms with Gasteiger partial charge < -0.3 is 25.8 Å². The lowest BCUT2D eigenvalue weighted by atomic mass is 10.0. The summed E-state index contributed by atoms with van der Waals surface area (Å²) in [5.74, 6) is -0.579. The van der Waals surface area contributed by atoms with Crippen LogP contribution in [0.25, 0.3) is 22.0 Å². The van der Waals surface area contributed by atoms with Crippen molar-refractivity contribution in [2.24, 2.45) is 0 Å². The number of carbonyl (C=O) groups is 2. The molecule has 0 aliphatic carbocycles. The number of nitrogens with one attached hydrogen (secondary N) is 4. The van der Waals surface area contributed by atoms with Crippen molar-refractivity contribution in [1.82, 2.24) is 14.9 Å². The van der Waals surface area contributed by atoms with E-state index in [1.807, 2.05) is 6.92 Å². The number of nitrogens with zero attached hydrogens (tertiary/aromatic N) is 2. The second-order valence-corrected chi connectivity index (χ2v) is 9.54. The minimum atomic E-state index is -0.748. The minimum absolute atomic E-state index is 0.0153. The van der Waals surface area contributed by atoms with Crippen molar-refractivity contribution in [3.63, 3.8) is 0 Å². The third kappa shape index (κ3) is 5.62. The summed E-state index contributed by atoms with van der Waals surface area (Å²) in [5, 5.41) is 11.7. The van der Waals surface area contributed by atoms with E-state index in [4.69, 9.17) is 11.6 Å². The molecule has 5 rings (SSSR count). The first-order valence-corrected chi connectivity index (χ1v) is 12.9. The molecule has 2 aromatic heterocycles. The number of hydrogen-bond acceptors (Lipinski definition) is 5. The number of aryl methyl sites for hydroxylation is 1. The van der Waals surface area contributed by atoms with Gasteiger partial charge in [0, 0.05) is 41.0 Å². The van der Waals surface area contributed by atoms with Crippen LogP contribution in [-0.2, 0) is 11.3 Å². The summed E-state index contributed by atoms with van der Waals surface area (Å²) in [4.78, 5) is 42.9. The minimum Gasteiger partial charge on any atom is -0.309 e. The van der Waals surface area contributed by atoms with E-state index in [2.05, 4.69) is 26.3 Å². The van der Waals surface area contributed by atoms with Crippen LogP contribution in [0, 0.1) is 5.82 Å². The van der Waals surface area contributed by atoms with Gasteiger partial charge in [-0.1, -0.05) is 29.8 Å². The predicted molar refractivity (Wildman–Crippen MR) is 151 cm³/mol. The van der Waals surface area contributed by atoms with E-state index in [-0.39, 0.29) is 39.3 Å². The number of amides is 3. The van der Waals surface area contributed by atoms with E-state index in [1.165, 1.54) is 10.6 Å². The molecule has 11 heteroatoms. The summed E-state index contributed by atoms with van der Waals surface area (Å²) in [6.07, 6.45) is 3.25. The van der Waals surface area contributed by atoms with E-state index >= 15 is 0 Å². The molecule has 39 heavy (non-hydrogen) atoms. The van der Waals surface area contributed by atoms with Gasteiger partial charge in [0.05, 0.1) is 22.3 Å². The van der Waals surface area contributed by atoms with E-state index in [0.29, 0.717) is 29.0 Å². The number of para-hydroxylation sites is 1. The van der Waals surface area contributed by atoms with E-state index < -0.39 is 11.8 Å². The zero-order valence-corrected chi connectivity index (χ0v) is 21.8. The van der Waals surface area contributed by atoms with Gasteiger partial charge in [0.2, 0.25) is 5.91 Å². The fraction of sp³-hybridized carbons (Fsp3) is 0.214. The van der Waals surface area contributed by atoms with Crippen LogP contribution < -0.4 is 26.8 Å². The van der Waals surface area contributed by atoms with Crippen molar-refractivity contribution >= 4 is 51.6 Å². The first kappa shape index (κ1) is 26.3. The summed E-state index contributed by atoms with van der Waals surface area (Å²) < 4.78 is 16.3. The van der Waals surface area contributed by atoms with Crippen LogP contribution in [0.1, 0.15) is 19.8 Å². The van der Waals surface area contributed by atoms with Gasteiger partial charge in [-0.2, -0.15) is 0 Å². The first-order chi connectivity index (χ1) is 18.8. The Morgan fingerprint density at radius 3 is 2.62 bits per heavy atom. The molecule has 9 nitrogen and oxygen atoms in total. The summed E-state index contributed by atoms with van der Waals surface area (Å²) >= 11 is 6.38. The van der Waals surface area contributed by atoms with E-state index in [1.54, 1.807) is 48.7 Å². The van der Waals surface area contributed by atoms with Gasteiger partial charge >= 0.3 is 6.03 Å². The fourth-order valence-electron chi connectivity index (χ4n) is 4.63. The number of halogens is 2. The summed E-state index contributed by atoms with van der Waals surface area (Å²) in [7, 11) is 0. The molecule has 3 heterocycles. The molecule has 4 aromatic rings. The van der Waals surface area contributed by atoms with Crippen LogP contribution in [0.2, 0.25) is 5.02 Å². The zero-order valence-electron chi connectivity index (χ0n) is 21.1. The largest absolute Gasteiger partial charge is 0.323 e. The molecule has 0 spiro atoms. The van der Waals surface area contributed by atoms with E-state index in [9.17, 15) is 18.8 Å². The van der Waals surface area contributed by atoms with Crippen molar-refractivity contribution in [2.75, 3.05) is 22.5 Å². The van der Waals surface area contributed by atoms with Crippen molar-refractivity contribution in [2.45, 2.75) is 32.4 Å². The zero-order chi connectivity index (χ0) is 27.5. The Kier molecular flexibility index (Phi) is 7.58. The Bertz CT molecular complexity index is 1620. The van der Waals surface area contributed by atoms with Gasteiger partial charge in [-0.25, -0.2) is 14.2 Å². The standard InChI is InChI=1S/C28H26ClFN6O3/c1-2-36-24-14-25(35-26(37)22-9-6-10-31-22)32-15-16(24)11-19(27(36)38)18-12-23(21(30)13-20(18)29)34-28(39)33-17-7-4-3-5-8-17/h3-5,7-8,11-15,22,31H,2,6,9-10H2,1H3,(H,32,35,37)(H2,33,34,39). The quantitative estimate of drug-likeness (QED) is 0.264. The smallest absolute Gasteiger partial charge is 0.309 e. The number of anilines is 3. The first-order valence-electron chi connectivity index (χ1n) is 12.5. The highest BCUT2D eigenvalue weighted by Crippen LogP contribution is 2.33. The third-order valence-corrected chi connectivity index (χ3v) is 6.86. The lowest BCUT2D eigenvalue weighted by molar-refractivity contribution is -0.117. The third-order valence-electron chi connectivity index (χ3n) is 6.55. The highest BCUT2D eigenvalue weighted by atomic mass is 35.5. The lowest BCUT2D eigenvalue weighted by Gasteiger charge is -2.15. The molecule has 200 valence electrons. The molecule has 1 saturated heterocycles. The van der Waals surface area contributed by atoms with Crippen molar-refractivity contribution in [3.05, 3.63) is 82.0 Å². The Labute approximate surface area is 228 Å². The topological polar surface area (TPSA) is 117 Å². The normalized spacial score (nSPS) is 14.8. The maximum absolute atomic E-state index is 14.7. The van der Waals surface area contributed by atoms with Crippen LogP contribution in [0.5, 0.6) is 0 Å². The monoisotopic (exact) mass is 548 g/mol. The Morgan fingerprint density at radius 1 is 1.10 bits per heavy atom. The van der Waals surface area contributed by atoms with Crippen LogP contribution >= 0.6 is 11.6 Å². The van der Waals surface area contributed by atoms with Gasteiger partial charge in [-0.3, -0.25) is 9.59 Å². The van der Waals surface area contributed by atoms with Crippen molar-refractivity contribution in [1.29, 1.82) is 0 Å². The molecule has 1 unspecified atom stereocenters. The average molecular weight is 549 g/mol. The summed E-state index contributed by atoms with van der Waals surface area (Å²) in [6, 6.07) is 13.5. The van der Waals surface area contributed by atoms with Gasteiger partial charge in [0.25, 0.3) is 5.56 Å². The second-order valence-electron chi connectivity index (χ2n) is 9.13. The molecule has 0 saturated carbocycles. The van der Waals surface area contributed by atoms with Crippen LogP contribution in [-0.4, -0.2) is 34.1 Å². The Morgan fingerprint density at radius 2 is 1.90 bits per heavy atom. The highest BCUT2D eigenvalue weighted by molar-refractivity contribution is 6.33. The highest BCUT2D eigenvalue weighted by Gasteiger charge is 2.23. The molecule has 2 aromatic carbocycles. The summed E-state index contributed by atoms with van der Waals surface area (Å²) in [6.45, 7) is 2.94. The Balaban J connectivity index is 1.48. The average Bonchev–Trinajstić information content (AvgIpc) is 3.46. The summed E-state index contributed by atoms with van der Waals surface area (Å²) in [5.41, 5.74) is 1.09. The van der Waals surface area contributed by atoms with Gasteiger partial charge in [0.1, 0.15) is 11.6 Å². The van der Waals surface area contributed by atoms with E-state index in [0.717, 1.165) is 25.5 Å². The molecule has 3 amide bonds. The molecule has 0 bridgehead atoms. The molecular formula is C28H26ClFN6O3. The number of carbonyl (C=O) groups excluding carboxylic acids is 2. The lowest BCUT2D eigenvalue weighted by Crippen LogP contribution is -2.35. The van der Waals surface area contributed by atoms with Gasteiger partial charge in [-0.05, 0) is 56.6 Å². The van der Waals surface area contributed by atoms with Crippen LogP contribution in [0.4, 0.5) is 26.4 Å². The fourth-order valence-corrected chi connectivity index (χ4v) is 4.88. The molecule has 4 N–H and O–H groups in total. The predicted octanol–water partition coefficient (Wildman–Crippen LogP) is 5.21. The maximum Gasteiger partial charge on any atom is 0.323 e. The number of urea groups is 1. The molecule has 1 aliphatic rings. The molecule has 1 fully saturated rings.